The van der Waals surface area contributed by atoms with E-state index in [0.29, 0.717) is 5.69 Å². The summed E-state index contributed by atoms with van der Waals surface area (Å²) >= 11 is 0. The monoisotopic (exact) mass is 245 g/mol. The van der Waals surface area contributed by atoms with Gasteiger partial charge in [-0.1, -0.05) is 17.7 Å². The Bertz CT molecular complexity index is 547. The molecule has 2 aromatic rings. The van der Waals surface area contributed by atoms with Gasteiger partial charge in [-0.25, -0.2) is 5.10 Å². The van der Waals surface area contributed by atoms with Crippen LogP contribution in [0.4, 0.5) is 11.6 Å². The predicted molar refractivity (Wildman–Crippen MR) is 64.8 cm³/mol. The molecule has 1 aromatic carbocycles. The number of amides is 2. The normalized spacial score (nSPS) is 9.83. The number of aryl methyl sites for hydroxylation is 1. The molecule has 1 aromatic heterocycles. The summed E-state index contributed by atoms with van der Waals surface area (Å²) in [5.74, 6) is -1.46. The first-order valence-electron chi connectivity index (χ1n) is 5.19. The molecule has 0 aliphatic rings. The maximum Gasteiger partial charge on any atom is 0.316 e. The molecule has 18 heavy (non-hydrogen) atoms. The maximum absolute atomic E-state index is 11.5. The van der Waals surface area contributed by atoms with Crippen LogP contribution in [0.15, 0.2) is 30.6 Å². The Kier molecular flexibility index (Phi) is 3.33. The molecule has 92 valence electrons. The summed E-state index contributed by atoms with van der Waals surface area (Å²) in [6.45, 7) is 1.93. The van der Waals surface area contributed by atoms with Gasteiger partial charge in [0.05, 0.1) is 0 Å². The van der Waals surface area contributed by atoms with Crippen LogP contribution < -0.4 is 10.6 Å². The van der Waals surface area contributed by atoms with Crippen molar-refractivity contribution < 1.29 is 9.59 Å². The first-order valence-corrected chi connectivity index (χ1v) is 5.19. The second-order valence-electron chi connectivity index (χ2n) is 3.61. The van der Waals surface area contributed by atoms with E-state index in [-0.39, 0.29) is 5.95 Å². The van der Waals surface area contributed by atoms with Crippen molar-refractivity contribution in [1.29, 1.82) is 0 Å². The third kappa shape index (κ3) is 2.91. The van der Waals surface area contributed by atoms with Crippen LogP contribution in [-0.4, -0.2) is 27.0 Å². The Morgan fingerprint density at radius 1 is 1.11 bits per heavy atom. The molecule has 0 atom stereocenters. The summed E-state index contributed by atoms with van der Waals surface area (Å²) in [5.41, 5.74) is 1.62. The van der Waals surface area contributed by atoms with Crippen LogP contribution in [-0.2, 0) is 9.59 Å². The number of hydrogen-bond acceptors (Lipinski definition) is 4. The van der Waals surface area contributed by atoms with Gasteiger partial charge in [0.25, 0.3) is 0 Å². The SMILES string of the molecule is Cc1ccc(NC(=O)C(=O)Nc2ncn[nH]2)cc1. The molecule has 0 aliphatic heterocycles. The highest BCUT2D eigenvalue weighted by atomic mass is 16.2. The molecule has 2 rings (SSSR count). The summed E-state index contributed by atoms with van der Waals surface area (Å²) in [6, 6.07) is 7.11. The molecule has 0 aliphatic carbocycles. The van der Waals surface area contributed by atoms with Crippen molar-refractivity contribution in [2.24, 2.45) is 0 Å². The van der Waals surface area contributed by atoms with Crippen LogP contribution in [0, 0.1) is 6.92 Å². The van der Waals surface area contributed by atoms with Crippen molar-refractivity contribution in [3.63, 3.8) is 0 Å². The lowest BCUT2D eigenvalue weighted by Crippen LogP contribution is -2.29. The van der Waals surface area contributed by atoms with Gasteiger partial charge in [0.15, 0.2) is 0 Å². The van der Waals surface area contributed by atoms with Crippen LogP contribution in [0.25, 0.3) is 0 Å². The third-order valence-corrected chi connectivity index (χ3v) is 2.16. The predicted octanol–water partition coefficient (Wildman–Crippen LogP) is 0.690. The molecule has 1 heterocycles. The topological polar surface area (TPSA) is 99.8 Å². The quantitative estimate of drug-likeness (QED) is 0.678. The van der Waals surface area contributed by atoms with Crippen molar-refractivity contribution >= 4 is 23.5 Å². The van der Waals surface area contributed by atoms with E-state index in [0.717, 1.165) is 5.56 Å². The van der Waals surface area contributed by atoms with Crippen molar-refractivity contribution in [2.75, 3.05) is 10.6 Å². The molecule has 0 saturated heterocycles. The van der Waals surface area contributed by atoms with E-state index >= 15 is 0 Å². The second-order valence-corrected chi connectivity index (χ2v) is 3.61. The number of aromatic nitrogens is 3. The molecular weight excluding hydrogens is 234 g/mol. The van der Waals surface area contributed by atoms with Crippen LogP contribution in [0.3, 0.4) is 0 Å². The van der Waals surface area contributed by atoms with Gasteiger partial charge in [0.1, 0.15) is 6.33 Å². The van der Waals surface area contributed by atoms with Gasteiger partial charge in [-0.2, -0.15) is 10.1 Å². The number of nitrogens with zero attached hydrogens (tertiary/aromatic N) is 2. The summed E-state index contributed by atoms with van der Waals surface area (Å²) in [6.07, 6.45) is 1.23. The number of nitrogens with one attached hydrogen (secondary N) is 3. The van der Waals surface area contributed by atoms with E-state index < -0.39 is 11.8 Å². The van der Waals surface area contributed by atoms with E-state index in [1.54, 1.807) is 12.1 Å². The van der Waals surface area contributed by atoms with Crippen LogP contribution in [0.2, 0.25) is 0 Å². The molecule has 0 unspecified atom stereocenters. The summed E-state index contributed by atoms with van der Waals surface area (Å²) in [5, 5.41) is 10.7. The zero-order chi connectivity index (χ0) is 13.0. The van der Waals surface area contributed by atoms with Crippen LogP contribution in [0.5, 0.6) is 0 Å². The van der Waals surface area contributed by atoms with Gasteiger partial charge in [-0.05, 0) is 19.1 Å². The lowest BCUT2D eigenvalue weighted by atomic mass is 10.2. The number of carbonyl (C=O) groups is 2. The number of hydrogen-bond donors (Lipinski definition) is 3. The van der Waals surface area contributed by atoms with Gasteiger partial charge in [-0.15, -0.1) is 0 Å². The largest absolute Gasteiger partial charge is 0.318 e. The van der Waals surface area contributed by atoms with E-state index in [1.165, 1.54) is 6.33 Å². The summed E-state index contributed by atoms with van der Waals surface area (Å²) in [7, 11) is 0. The van der Waals surface area contributed by atoms with Crippen molar-refractivity contribution in [2.45, 2.75) is 6.92 Å². The summed E-state index contributed by atoms with van der Waals surface area (Å²) in [4.78, 5) is 26.7. The molecule has 2 amide bonds. The highest BCUT2D eigenvalue weighted by molar-refractivity contribution is 6.43. The lowest BCUT2D eigenvalue weighted by molar-refractivity contribution is -0.133. The van der Waals surface area contributed by atoms with E-state index in [9.17, 15) is 9.59 Å². The molecule has 0 radical (unpaired) electrons. The lowest BCUT2D eigenvalue weighted by Gasteiger charge is -2.04. The minimum Gasteiger partial charge on any atom is -0.318 e. The van der Waals surface area contributed by atoms with Gasteiger partial charge < -0.3 is 5.32 Å². The second kappa shape index (κ2) is 5.09. The Morgan fingerprint density at radius 3 is 2.39 bits per heavy atom. The average molecular weight is 245 g/mol. The Hall–Kier alpha value is -2.70. The fraction of sp³-hybridized carbons (Fsp3) is 0.0909. The first kappa shape index (κ1) is 11.8. The van der Waals surface area contributed by atoms with Crippen molar-refractivity contribution in [1.82, 2.24) is 15.2 Å². The van der Waals surface area contributed by atoms with Gasteiger partial charge in [-0.3, -0.25) is 14.9 Å². The molecule has 3 N–H and O–H groups in total. The Labute approximate surface area is 103 Å². The molecule has 0 bridgehead atoms. The fourth-order valence-electron chi connectivity index (χ4n) is 1.25. The van der Waals surface area contributed by atoms with Crippen LogP contribution in [0.1, 0.15) is 5.56 Å². The van der Waals surface area contributed by atoms with Gasteiger partial charge in [0, 0.05) is 5.69 Å². The standard InChI is InChI=1S/C11H11N5O2/c1-7-2-4-8(5-3-7)14-9(17)10(18)15-11-12-6-13-16-11/h2-6H,1H3,(H,14,17)(H2,12,13,15,16,18). The Morgan fingerprint density at radius 2 is 1.78 bits per heavy atom. The highest BCUT2D eigenvalue weighted by Crippen LogP contribution is 2.08. The zero-order valence-electron chi connectivity index (χ0n) is 9.60. The molecule has 0 saturated carbocycles. The smallest absolute Gasteiger partial charge is 0.316 e. The number of carbonyl (C=O) groups excluding carboxylic acids is 2. The van der Waals surface area contributed by atoms with Gasteiger partial charge >= 0.3 is 11.8 Å². The average Bonchev–Trinajstić information content (AvgIpc) is 2.85. The third-order valence-electron chi connectivity index (χ3n) is 2.16. The minimum atomic E-state index is -0.813. The van der Waals surface area contributed by atoms with Crippen molar-refractivity contribution in [3.05, 3.63) is 36.2 Å². The van der Waals surface area contributed by atoms with Crippen LogP contribution >= 0.6 is 0 Å². The van der Waals surface area contributed by atoms with E-state index in [2.05, 4.69) is 25.8 Å². The number of H-pyrrole nitrogens is 1. The van der Waals surface area contributed by atoms with E-state index in [4.69, 9.17) is 0 Å². The number of anilines is 2. The molecule has 0 fully saturated rings. The Balaban J connectivity index is 1.95. The molecule has 7 heteroatoms. The number of benzene rings is 1. The van der Waals surface area contributed by atoms with Crippen molar-refractivity contribution in [3.8, 4) is 0 Å². The number of rotatable bonds is 2. The number of aromatic amines is 1. The molecule has 7 nitrogen and oxygen atoms in total. The zero-order valence-corrected chi connectivity index (χ0v) is 9.60. The summed E-state index contributed by atoms with van der Waals surface area (Å²) < 4.78 is 0. The molecular formula is C11H11N5O2. The molecule has 0 spiro atoms. The van der Waals surface area contributed by atoms with Gasteiger partial charge in [0.2, 0.25) is 5.95 Å². The minimum absolute atomic E-state index is 0.124. The first-order chi connectivity index (χ1) is 8.65. The highest BCUT2D eigenvalue weighted by Gasteiger charge is 2.14. The maximum atomic E-state index is 11.5. The fourth-order valence-corrected chi connectivity index (χ4v) is 1.25. The van der Waals surface area contributed by atoms with E-state index in [1.807, 2.05) is 19.1 Å².